The number of halogens is 1. The molecular weight excluding hydrogens is 228 g/mol. The van der Waals surface area contributed by atoms with Gasteiger partial charge in [0.05, 0.1) is 0 Å². The van der Waals surface area contributed by atoms with Crippen LogP contribution in [-0.4, -0.2) is 27.5 Å². The Hall–Kier alpha value is -0.580. The molecule has 0 aromatic heterocycles. The highest BCUT2D eigenvalue weighted by Gasteiger charge is 2.01. The van der Waals surface area contributed by atoms with Crippen molar-refractivity contribution in [2.24, 2.45) is 0 Å². The van der Waals surface area contributed by atoms with Gasteiger partial charge in [0.25, 0.3) is 0 Å². The average molecular weight is 241 g/mol. The van der Waals surface area contributed by atoms with Gasteiger partial charge in [0.2, 0.25) is 0 Å². The van der Waals surface area contributed by atoms with Crippen LogP contribution in [0.4, 0.5) is 0 Å². The van der Waals surface area contributed by atoms with Crippen LogP contribution in [0.25, 0.3) is 0 Å². The van der Waals surface area contributed by atoms with Crippen molar-refractivity contribution < 1.29 is 19.8 Å². The molecular formula is C7H13BrO4. The van der Waals surface area contributed by atoms with E-state index >= 15 is 0 Å². The first kappa shape index (κ1) is 14.0. The Balaban J connectivity index is 0. The third kappa shape index (κ3) is 22.7. The highest BCUT2D eigenvalue weighted by atomic mass is 79.9. The molecule has 0 bridgehead atoms. The van der Waals surface area contributed by atoms with Crippen molar-refractivity contribution in [2.45, 2.75) is 26.2 Å². The summed E-state index contributed by atoms with van der Waals surface area (Å²) in [7, 11) is 0. The summed E-state index contributed by atoms with van der Waals surface area (Å²) in [5.74, 6) is -2.62. The first-order chi connectivity index (χ1) is 5.54. The van der Waals surface area contributed by atoms with Gasteiger partial charge in [0, 0.05) is 5.33 Å². The number of hydrogen-bond acceptors (Lipinski definition) is 2. The number of aliphatic carboxylic acids is 2. The van der Waals surface area contributed by atoms with E-state index in [0.29, 0.717) is 0 Å². The molecule has 0 aromatic rings. The Bertz CT molecular complexity index is 121. The van der Waals surface area contributed by atoms with Gasteiger partial charge in [-0.15, -0.1) is 0 Å². The molecule has 0 aromatic carbocycles. The topological polar surface area (TPSA) is 74.6 Å². The molecule has 0 saturated heterocycles. The van der Waals surface area contributed by atoms with Gasteiger partial charge in [-0.3, -0.25) is 9.59 Å². The van der Waals surface area contributed by atoms with Crippen LogP contribution < -0.4 is 0 Å². The molecule has 4 nitrogen and oxygen atoms in total. The van der Waals surface area contributed by atoms with Gasteiger partial charge in [-0.05, 0) is 6.42 Å². The van der Waals surface area contributed by atoms with E-state index in [-0.39, 0.29) is 0 Å². The van der Waals surface area contributed by atoms with Gasteiger partial charge < -0.3 is 10.2 Å². The summed E-state index contributed by atoms with van der Waals surface area (Å²) < 4.78 is 0. The molecule has 0 amide bonds. The molecule has 0 aliphatic carbocycles. The van der Waals surface area contributed by atoms with Crippen LogP contribution in [0, 0.1) is 0 Å². The lowest BCUT2D eigenvalue weighted by Gasteiger charge is -1.80. The summed E-state index contributed by atoms with van der Waals surface area (Å²) in [6, 6.07) is 0. The fourth-order valence-corrected chi connectivity index (χ4v) is 0.824. The highest BCUT2D eigenvalue weighted by Crippen LogP contribution is 1.89. The SMILES string of the molecule is CCCCBr.O=C(O)CC(=O)O. The Morgan fingerprint density at radius 1 is 1.25 bits per heavy atom. The second kappa shape index (κ2) is 10.4. The zero-order valence-corrected chi connectivity index (χ0v) is 8.50. The van der Waals surface area contributed by atoms with Gasteiger partial charge in [0.15, 0.2) is 0 Å². The van der Waals surface area contributed by atoms with Crippen LogP contribution in [0.1, 0.15) is 26.2 Å². The van der Waals surface area contributed by atoms with Crippen molar-refractivity contribution in [3.8, 4) is 0 Å². The quantitative estimate of drug-likeness (QED) is 0.580. The van der Waals surface area contributed by atoms with Gasteiger partial charge in [-0.25, -0.2) is 0 Å². The monoisotopic (exact) mass is 240 g/mol. The lowest BCUT2D eigenvalue weighted by Crippen LogP contribution is -2.03. The zero-order chi connectivity index (χ0) is 9.98. The van der Waals surface area contributed by atoms with E-state index in [4.69, 9.17) is 10.2 Å². The standard InChI is InChI=1S/C4H9Br.C3H4O4/c1-2-3-4-5;4-2(5)1-3(6)7/h2-4H2,1H3;1H2,(H,4,5)(H,6,7). The van der Waals surface area contributed by atoms with E-state index in [1.54, 1.807) is 0 Å². The minimum Gasteiger partial charge on any atom is -0.481 e. The van der Waals surface area contributed by atoms with Crippen LogP contribution in [0.3, 0.4) is 0 Å². The van der Waals surface area contributed by atoms with E-state index in [0.717, 1.165) is 5.33 Å². The second-order valence-electron chi connectivity index (χ2n) is 2.01. The summed E-state index contributed by atoms with van der Waals surface area (Å²) >= 11 is 3.31. The normalized spacial score (nSPS) is 8.17. The Morgan fingerprint density at radius 2 is 1.67 bits per heavy atom. The van der Waals surface area contributed by atoms with Gasteiger partial charge >= 0.3 is 11.9 Å². The molecule has 0 rings (SSSR count). The molecule has 72 valence electrons. The fraction of sp³-hybridized carbons (Fsp3) is 0.714. The maximum absolute atomic E-state index is 9.43. The number of carboxylic acid groups (broad SMARTS) is 2. The summed E-state index contributed by atoms with van der Waals surface area (Å²) in [5.41, 5.74) is 0. The highest BCUT2D eigenvalue weighted by molar-refractivity contribution is 9.09. The number of hydrogen-bond donors (Lipinski definition) is 2. The third-order valence-electron chi connectivity index (χ3n) is 0.790. The zero-order valence-electron chi connectivity index (χ0n) is 6.92. The van der Waals surface area contributed by atoms with Crippen molar-refractivity contribution in [2.75, 3.05) is 5.33 Å². The van der Waals surface area contributed by atoms with E-state index in [9.17, 15) is 9.59 Å². The Morgan fingerprint density at radius 3 is 1.67 bits per heavy atom. The van der Waals surface area contributed by atoms with Crippen LogP contribution in [0.2, 0.25) is 0 Å². The summed E-state index contributed by atoms with van der Waals surface area (Å²) in [5, 5.41) is 16.6. The number of unbranched alkanes of at least 4 members (excludes halogenated alkanes) is 1. The number of rotatable bonds is 4. The van der Waals surface area contributed by atoms with Crippen LogP contribution in [-0.2, 0) is 9.59 Å². The molecule has 0 unspecified atom stereocenters. The van der Waals surface area contributed by atoms with Gasteiger partial charge in [-0.1, -0.05) is 29.3 Å². The van der Waals surface area contributed by atoms with Crippen molar-refractivity contribution in [3.05, 3.63) is 0 Å². The lowest BCUT2D eigenvalue weighted by molar-refractivity contribution is -0.147. The second-order valence-corrected chi connectivity index (χ2v) is 2.80. The van der Waals surface area contributed by atoms with Crippen molar-refractivity contribution in [3.63, 3.8) is 0 Å². The molecule has 0 fully saturated rings. The Labute approximate surface area is 79.7 Å². The van der Waals surface area contributed by atoms with E-state index in [2.05, 4.69) is 22.9 Å². The average Bonchev–Trinajstić information content (AvgIpc) is 1.87. The number of carboxylic acids is 2. The van der Waals surface area contributed by atoms with E-state index < -0.39 is 18.4 Å². The number of alkyl halides is 1. The predicted molar refractivity (Wildman–Crippen MR) is 48.6 cm³/mol. The molecule has 0 atom stereocenters. The first-order valence-corrected chi connectivity index (χ1v) is 4.66. The Kier molecular flexibility index (Phi) is 12.1. The van der Waals surface area contributed by atoms with Gasteiger partial charge in [-0.2, -0.15) is 0 Å². The molecule has 0 saturated carbocycles. The molecule has 0 spiro atoms. The number of carbonyl (C=O) groups is 2. The van der Waals surface area contributed by atoms with Crippen LogP contribution in [0.5, 0.6) is 0 Å². The smallest absolute Gasteiger partial charge is 0.314 e. The molecule has 0 aliphatic heterocycles. The fourth-order valence-electron chi connectivity index (χ4n) is 0.263. The lowest BCUT2D eigenvalue weighted by atomic mass is 10.4. The van der Waals surface area contributed by atoms with E-state index in [1.165, 1.54) is 12.8 Å². The molecule has 12 heavy (non-hydrogen) atoms. The van der Waals surface area contributed by atoms with Crippen LogP contribution >= 0.6 is 15.9 Å². The summed E-state index contributed by atoms with van der Waals surface area (Å²) in [4.78, 5) is 18.9. The molecule has 2 N–H and O–H groups in total. The van der Waals surface area contributed by atoms with Crippen molar-refractivity contribution in [1.29, 1.82) is 0 Å². The molecule has 0 heterocycles. The van der Waals surface area contributed by atoms with E-state index in [1.807, 2.05) is 0 Å². The van der Waals surface area contributed by atoms with Gasteiger partial charge in [0.1, 0.15) is 6.42 Å². The minimum absolute atomic E-state index is 0.806. The van der Waals surface area contributed by atoms with Crippen molar-refractivity contribution in [1.82, 2.24) is 0 Å². The minimum atomic E-state index is -1.31. The summed E-state index contributed by atoms with van der Waals surface area (Å²) in [6.45, 7) is 2.18. The molecule has 5 heteroatoms. The van der Waals surface area contributed by atoms with Crippen molar-refractivity contribution >= 4 is 27.9 Å². The third-order valence-corrected chi connectivity index (χ3v) is 1.35. The largest absolute Gasteiger partial charge is 0.481 e. The molecule has 0 aliphatic rings. The predicted octanol–water partition coefficient (Wildman–Crippen LogP) is 1.73. The first-order valence-electron chi connectivity index (χ1n) is 3.54. The van der Waals surface area contributed by atoms with Crippen LogP contribution in [0.15, 0.2) is 0 Å². The summed E-state index contributed by atoms with van der Waals surface area (Å²) in [6.07, 6.45) is 1.80. The maximum atomic E-state index is 9.43. The molecule has 0 radical (unpaired) electrons. The maximum Gasteiger partial charge on any atom is 0.314 e.